The summed E-state index contributed by atoms with van der Waals surface area (Å²) < 4.78 is 0. The third kappa shape index (κ3) is 3.78. The molecule has 120 valence electrons. The fourth-order valence-corrected chi connectivity index (χ4v) is 3.90. The second-order valence-corrected chi connectivity index (χ2v) is 7.25. The van der Waals surface area contributed by atoms with E-state index in [0.29, 0.717) is 18.8 Å². The largest absolute Gasteiger partial charge is 0.481 e. The summed E-state index contributed by atoms with van der Waals surface area (Å²) >= 11 is 0. The number of piperidine rings is 1. The minimum atomic E-state index is -0.812. The normalized spacial score (nSPS) is 29.7. The van der Waals surface area contributed by atoms with E-state index in [0.717, 1.165) is 45.1 Å². The molecule has 2 fully saturated rings. The van der Waals surface area contributed by atoms with Crippen LogP contribution in [0.2, 0.25) is 0 Å². The van der Waals surface area contributed by atoms with Crippen LogP contribution in [0.1, 0.15) is 71.6 Å². The second-order valence-electron chi connectivity index (χ2n) is 7.25. The Bertz CT molecular complexity index is 385. The van der Waals surface area contributed by atoms with E-state index in [4.69, 9.17) is 0 Å². The molecule has 0 aromatic carbocycles. The number of rotatable bonds is 3. The van der Waals surface area contributed by atoms with Gasteiger partial charge in [-0.15, -0.1) is 0 Å². The molecule has 2 aliphatic rings. The first-order valence-corrected chi connectivity index (χ1v) is 8.47. The van der Waals surface area contributed by atoms with Gasteiger partial charge in [-0.05, 0) is 38.5 Å². The number of carbonyl (C=O) groups is 2. The molecule has 1 heterocycles. The molecule has 4 heteroatoms. The highest BCUT2D eigenvalue weighted by molar-refractivity contribution is 5.85. The van der Waals surface area contributed by atoms with Crippen molar-refractivity contribution in [1.29, 1.82) is 0 Å². The van der Waals surface area contributed by atoms with Crippen LogP contribution < -0.4 is 0 Å². The molecule has 0 aromatic rings. The molecule has 0 spiro atoms. The number of amides is 1. The molecule has 21 heavy (non-hydrogen) atoms. The van der Waals surface area contributed by atoms with Crippen molar-refractivity contribution in [1.82, 2.24) is 4.90 Å². The van der Waals surface area contributed by atoms with Crippen LogP contribution in [0, 0.1) is 11.3 Å². The van der Waals surface area contributed by atoms with E-state index in [1.807, 2.05) is 4.90 Å². The van der Waals surface area contributed by atoms with Crippen LogP contribution in [0.25, 0.3) is 0 Å². The Kier molecular flexibility index (Phi) is 5.28. The highest BCUT2D eigenvalue weighted by atomic mass is 16.4. The lowest BCUT2D eigenvalue weighted by atomic mass is 9.76. The maximum absolute atomic E-state index is 12.7. The van der Waals surface area contributed by atoms with Gasteiger partial charge in [-0.1, -0.05) is 32.6 Å². The Morgan fingerprint density at radius 2 is 1.71 bits per heavy atom. The van der Waals surface area contributed by atoms with Crippen LogP contribution in [-0.2, 0) is 9.59 Å². The fraction of sp³-hybridized carbons (Fsp3) is 0.882. The zero-order chi connectivity index (χ0) is 15.5. The number of carboxylic acids is 1. The lowest BCUT2D eigenvalue weighted by molar-refractivity contribution is -0.156. The van der Waals surface area contributed by atoms with Crippen molar-refractivity contribution in [3.05, 3.63) is 0 Å². The molecule has 1 aliphatic carbocycles. The summed E-state index contributed by atoms with van der Waals surface area (Å²) in [6, 6.07) is 0.255. The van der Waals surface area contributed by atoms with E-state index < -0.39 is 11.4 Å². The summed E-state index contributed by atoms with van der Waals surface area (Å²) in [5, 5.41) is 9.71. The molecule has 1 N–H and O–H groups in total. The third-order valence-electron chi connectivity index (χ3n) is 5.44. The Morgan fingerprint density at radius 3 is 2.29 bits per heavy atom. The maximum atomic E-state index is 12.7. The zero-order valence-electron chi connectivity index (χ0n) is 13.4. The van der Waals surface area contributed by atoms with E-state index >= 15 is 0 Å². The molecule has 0 aromatic heterocycles. The SMILES string of the molecule is CC1CCC(C)N(C(=O)CC2(C(=O)O)CCCCCC2)C1. The van der Waals surface area contributed by atoms with Crippen molar-refractivity contribution >= 4 is 11.9 Å². The topological polar surface area (TPSA) is 57.6 Å². The van der Waals surface area contributed by atoms with Crippen molar-refractivity contribution in [2.75, 3.05) is 6.54 Å². The number of likely N-dealkylation sites (tertiary alicyclic amines) is 1. The average molecular weight is 295 g/mol. The molecular weight excluding hydrogens is 266 g/mol. The quantitative estimate of drug-likeness (QED) is 0.811. The van der Waals surface area contributed by atoms with E-state index in [1.54, 1.807) is 0 Å². The monoisotopic (exact) mass is 295 g/mol. The molecular formula is C17H29NO3. The molecule has 4 nitrogen and oxygen atoms in total. The maximum Gasteiger partial charge on any atom is 0.310 e. The van der Waals surface area contributed by atoms with Crippen LogP contribution in [0.3, 0.4) is 0 Å². The lowest BCUT2D eigenvalue weighted by Crippen LogP contribution is -2.47. The molecule has 0 bridgehead atoms. The minimum Gasteiger partial charge on any atom is -0.481 e. The predicted octanol–water partition coefficient (Wildman–Crippen LogP) is 3.45. The van der Waals surface area contributed by atoms with Gasteiger partial charge in [-0.3, -0.25) is 9.59 Å². The molecule has 2 rings (SSSR count). The summed E-state index contributed by atoms with van der Waals surface area (Å²) in [6.07, 6.45) is 7.77. The Balaban J connectivity index is 2.08. The van der Waals surface area contributed by atoms with Crippen molar-refractivity contribution in [2.45, 2.75) is 77.7 Å². The van der Waals surface area contributed by atoms with Gasteiger partial charge in [-0.25, -0.2) is 0 Å². The first-order valence-electron chi connectivity index (χ1n) is 8.47. The van der Waals surface area contributed by atoms with Gasteiger partial charge in [0.05, 0.1) is 5.41 Å². The Morgan fingerprint density at radius 1 is 1.10 bits per heavy atom. The van der Waals surface area contributed by atoms with Crippen LogP contribution >= 0.6 is 0 Å². The van der Waals surface area contributed by atoms with E-state index in [9.17, 15) is 14.7 Å². The van der Waals surface area contributed by atoms with Gasteiger partial charge in [0.2, 0.25) is 5.91 Å². The van der Waals surface area contributed by atoms with Crippen molar-refractivity contribution < 1.29 is 14.7 Å². The summed E-state index contributed by atoms with van der Waals surface area (Å²) in [5.74, 6) is -0.186. The van der Waals surface area contributed by atoms with Gasteiger partial charge in [0.25, 0.3) is 0 Å². The van der Waals surface area contributed by atoms with E-state index in [-0.39, 0.29) is 18.4 Å². The number of aliphatic carboxylic acids is 1. The van der Waals surface area contributed by atoms with Gasteiger partial charge < -0.3 is 10.0 Å². The predicted molar refractivity (Wildman–Crippen MR) is 82.0 cm³/mol. The van der Waals surface area contributed by atoms with Gasteiger partial charge in [0.15, 0.2) is 0 Å². The van der Waals surface area contributed by atoms with Gasteiger partial charge in [-0.2, -0.15) is 0 Å². The van der Waals surface area contributed by atoms with Crippen molar-refractivity contribution in [3.8, 4) is 0 Å². The van der Waals surface area contributed by atoms with Crippen molar-refractivity contribution in [2.24, 2.45) is 11.3 Å². The summed E-state index contributed by atoms with van der Waals surface area (Å²) in [7, 11) is 0. The molecule has 1 saturated carbocycles. The van der Waals surface area contributed by atoms with Crippen LogP contribution in [-0.4, -0.2) is 34.5 Å². The van der Waals surface area contributed by atoms with Crippen molar-refractivity contribution in [3.63, 3.8) is 0 Å². The number of hydrogen-bond acceptors (Lipinski definition) is 2. The summed E-state index contributed by atoms with van der Waals surface area (Å²) in [5.41, 5.74) is -0.812. The number of carboxylic acid groups (broad SMARTS) is 1. The fourth-order valence-electron chi connectivity index (χ4n) is 3.90. The standard InChI is InChI=1S/C17H29NO3/c1-13-7-8-14(2)18(12-13)15(19)11-17(16(20)21)9-5-3-4-6-10-17/h13-14H,3-12H2,1-2H3,(H,20,21). The first kappa shape index (κ1) is 16.3. The Hall–Kier alpha value is -1.06. The minimum absolute atomic E-state index is 0.0540. The lowest BCUT2D eigenvalue weighted by Gasteiger charge is -2.39. The zero-order valence-corrected chi connectivity index (χ0v) is 13.4. The second kappa shape index (κ2) is 6.80. The van der Waals surface area contributed by atoms with E-state index in [1.165, 1.54) is 0 Å². The molecule has 1 aliphatic heterocycles. The molecule has 2 unspecified atom stereocenters. The number of carbonyl (C=O) groups excluding carboxylic acids is 1. The van der Waals surface area contributed by atoms with Gasteiger partial charge in [0, 0.05) is 19.0 Å². The van der Waals surface area contributed by atoms with Gasteiger partial charge >= 0.3 is 5.97 Å². The molecule has 2 atom stereocenters. The number of nitrogens with zero attached hydrogens (tertiary/aromatic N) is 1. The van der Waals surface area contributed by atoms with Crippen LogP contribution in [0.5, 0.6) is 0 Å². The first-order chi connectivity index (χ1) is 9.94. The highest BCUT2D eigenvalue weighted by Crippen LogP contribution is 2.39. The third-order valence-corrected chi connectivity index (χ3v) is 5.44. The molecule has 1 amide bonds. The van der Waals surface area contributed by atoms with Crippen LogP contribution in [0.15, 0.2) is 0 Å². The summed E-state index contributed by atoms with van der Waals surface area (Å²) in [6.45, 7) is 5.05. The average Bonchev–Trinajstić information content (AvgIpc) is 2.68. The Labute approximate surface area is 127 Å². The van der Waals surface area contributed by atoms with Crippen LogP contribution in [0.4, 0.5) is 0 Å². The van der Waals surface area contributed by atoms with E-state index in [2.05, 4.69) is 13.8 Å². The smallest absolute Gasteiger partial charge is 0.310 e. The van der Waals surface area contributed by atoms with Gasteiger partial charge in [0.1, 0.15) is 0 Å². The molecule has 0 radical (unpaired) electrons. The highest BCUT2D eigenvalue weighted by Gasteiger charge is 2.42. The molecule has 1 saturated heterocycles. The summed E-state index contributed by atoms with van der Waals surface area (Å²) in [4.78, 5) is 26.5. The number of hydrogen-bond donors (Lipinski definition) is 1.